The van der Waals surface area contributed by atoms with Crippen LogP contribution in [-0.2, 0) is 4.74 Å². The summed E-state index contributed by atoms with van der Waals surface area (Å²) in [5, 5.41) is 12.4. The number of aromatic carboxylic acids is 1. The zero-order valence-corrected chi connectivity index (χ0v) is 9.50. The van der Waals surface area contributed by atoms with Crippen molar-refractivity contribution in [3.05, 3.63) is 11.1 Å². The summed E-state index contributed by atoms with van der Waals surface area (Å²) >= 11 is 1.14. The van der Waals surface area contributed by atoms with Crippen LogP contribution in [0.15, 0.2) is 6.20 Å². The Morgan fingerprint density at radius 2 is 2.53 bits per heavy atom. The lowest BCUT2D eigenvalue weighted by atomic mass is 10.2. The van der Waals surface area contributed by atoms with Crippen LogP contribution < -0.4 is 5.32 Å². The number of rotatable bonds is 6. The van der Waals surface area contributed by atoms with Crippen molar-refractivity contribution in [2.75, 3.05) is 25.6 Å². The molecular formula is C9H14N2O3S. The molecule has 0 aliphatic rings. The van der Waals surface area contributed by atoms with E-state index in [0.717, 1.165) is 17.9 Å². The van der Waals surface area contributed by atoms with Crippen LogP contribution in [-0.4, -0.2) is 36.3 Å². The SMILES string of the molecule is COCC(C)CNc1ncc(C(=O)O)s1. The average molecular weight is 230 g/mol. The number of nitrogens with zero attached hydrogens (tertiary/aromatic N) is 1. The van der Waals surface area contributed by atoms with Crippen molar-refractivity contribution >= 4 is 22.4 Å². The van der Waals surface area contributed by atoms with Gasteiger partial charge in [0.1, 0.15) is 4.88 Å². The summed E-state index contributed by atoms with van der Waals surface area (Å²) in [7, 11) is 1.66. The fraction of sp³-hybridized carbons (Fsp3) is 0.556. The summed E-state index contributed by atoms with van der Waals surface area (Å²) in [5.74, 6) is -0.572. The first-order valence-corrected chi connectivity index (χ1v) is 5.37. The second-order valence-electron chi connectivity index (χ2n) is 3.28. The van der Waals surface area contributed by atoms with E-state index < -0.39 is 5.97 Å². The zero-order valence-electron chi connectivity index (χ0n) is 8.69. The number of ether oxygens (including phenoxy) is 1. The minimum Gasteiger partial charge on any atom is -0.477 e. The third-order valence-electron chi connectivity index (χ3n) is 1.77. The number of carboxylic acids is 1. The van der Waals surface area contributed by atoms with E-state index in [2.05, 4.69) is 10.3 Å². The molecule has 0 fully saturated rings. The molecule has 1 atom stereocenters. The van der Waals surface area contributed by atoms with E-state index in [1.165, 1.54) is 6.20 Å². The molecule has 0 radical (unpaired) electrons. The van der Waals surface area contributed by atoms with Crippen LogP contribution in [0.3, 0.4) is 0 Å². The normalized spacial score (nSPS) is 12.4. The molecule has 0 aromatic carbocycles. The molecule has 1 heterocycles. The molecule has 0 spiro atoms. The number of carboxylic acid groups (broad SMARTS) is 1. The smallest absolute Gasteiger partial charge is 0.347 e. The molecule has 1 rings (SSSR count). The summed E-state index contributed by atoms with van der Waals surface area (Å²) in [4.78, 5) is 14.8. The Morgan fingerprint density at radius 3 is 3.07 bits per heavy atom. The van der Waals surface area contributed by atoms with Crippen molar-refractivity contribution in [2.24, 2.45) is 5.92 Å². The van der Waals surface area contributed by atoms with E-state index in [-0.39, 0.29) is 4.88 Å². The van der Waals surface area contributed by atoms with E-state index in [0.29, 0.717) is 17.7 Å². The Bertz CT molecular complexity index is 327. The maximum Gasteiger partial charge on any atom is 0.347 e. The maximum atomic E-state index is 10.6. The Hall–Kier alpha value is -1.14. The molecule has 1 aromatic rings. The van der Waals surface area contributed by atoms with Crippen LogP contribution in [0.1, 0.15) is 16.6 Å². The minimum atomic E-state index is -0.939. The first-order valence-electron chi connectivity index (χ1n) is 4.55. The molecule has 15 heavy (non-hydrogen) atoms. The highest BCUT2D eigenvalue weighted by Gasteiger charge is 2.08. The number of carbonyl (C=O) groups is 1. The highest BCUT2D eigenvalue weighted by Crippen LogP contribution is 2.17. The summed E-state index contributed by atoms with van der Waals surface area (Å²) in [6.07, 6.45) is 1.36. The molecule has 5 nitrogen and oxygen atoms in total. The molecular weight excluding hydrogens is 216 g/mol. The Kier molecular flexibility index (Phi) is 4.51. The molecule has 0 bridgehead atoms. The fourth-order valence-corrected chi connectivity index (χ4v) is 1.72. The van der Waals surface area contributed by atoms with Crippen molar-refractivity contribution < 1.29 is 14.6 Å². The molecule has 0 saturated carbocycles. The van der Waals surface area contributed by atoms with Gasteiger partial charge in [-0.05, 0) is 5.92 Å². The van der Waals surface area contributed by atoms with Crippen LogP contribution in [0.4, 0.5) is 5.13 Å². The molecule has 0 aliphatic heterocycles. The van der Waals surface area contributed by atoms with Gasteiger partial charge >= 0.3 is 5.97 Å². The van der Waals surface area contributed by atoms with Gasteiger partial charge in [0.25, 0.3) is 0 Å². The van der Waals surface area contributed by atoms with Gasteiger partial charge in [0.15, 0.2) is 5.13 Å². The number of nitrogens with one attached hydrogen (secondary N) is 1. The molecule has 6 heteroatoms. The zero-order chi connectivity index (χ0) is 11.3. The van der Waals surface area contributed by atoms with Gasteiger partial charge in [-0.15, -0.1) is 0 Å². The van der Waals surface area contributed by atoms with E-state index in [9.17, 15) is 4.79 Å². The van der Waals surface area contributed by atoms with Gasteiger partial charge in [-0.1, -0.05) is 18.3 Å². The largest absolute Gasteiger partial charge is 0.477 e. The topological polar surface area (TPSA) is 71.5 Å². The highest BCUT2D eigenvalue weighted by molar-refractivity contribution is 7.17. The molecule has 1 unspecified atom stereocenters. The van der Waals surface area contributed by atoms with Crippen LogP contribution in [0, 0.1) is 5.92 Å². The number of hydrogen-bond donors (Lipinski definition) is 2. The van der Waals surface area contributed by atoms with Crippen LogP contribution in [0.25, 0.3) is 0 Å². The number of aromatic nitrogens is 1. The summed E-state index contributed by atoms with van der Waals surface area (Å²) in [6.45, 7) is 3.44. The van der Waals surface area contributed by atoms with Crippen molar-refractivity contribution in [1.82, 2.24) is 4.98 Å². The van der Waals surface area contributed by atoms with Crippen molar-refractivity contribution in [3.63, 3.8) is 0 Å². The quantitative estimate of drug-likeness (QED) is 0.775. The predicted octanol–water partition coefficient (Wildman–Crippen LogP) is 1.54. The number of hydrogen-bond acceptors (Lipinski definition) is 5. The van der Waals surface area contributed by atoms with Crippen LogP contribution in [0.2, 0.25) is 0 Å². The third-order valence-corrected chi connectivity index (χ3v) is 2.71. The van der Waals surface area contributed by atoms with E-state index in [1.807, 2.05) is 6.92 Å². The van der Waals surface area contributed by atoms with Gasteiger partial charge in [0.05, 0.1) is 12.8 Å². The molecule has 0 aliphatic carbocycles. The van der Waals surface area contributed by atoms with E-state index >= 15 is 0 Å². The maximum absolute atomic E-state index is 10.6. The summed E-state index contributed by atoms with van der Waals surface area (Å²) < 4.78 is 4.98. The van der Waals surface area contributed by atoms with E-state index in [4.69, 9.17) is 9.84 Å². The molecule has 84 valence electrons. The van der Waals surface area contributed by atoms with Crippen molar-refractivity contribution in [1.29, 1.82) is 0 Å². The number of anilines is 1. The van der Waals surface area contributed by atoms with Crippen LogP contribution >= 0.6 is 11.3 Å². The predicted molar refractivity (Wildman–Crippen MR) is 58.6 cm³/mol. The Balaban J connectivity index is 2.40. The minimum absolute atomic E-state index is 0.247. The fourth-order valence-electron chi connectivity index (χ4n) is 1.06. The standard InChI is InChI=1S/C9H14N2O3S/c1-6(5-14-2)3-10-9-11-4-7(15-9)8(12)13/h4,6H,3,5H2,1-2H3,(H,10,11)(H,12,13). The highest BCUT2D eigenvalue weighted by atomic mass is 32.1. The lowest BCUT2D eigenvalue weighted by Crippen LogP contribution is -2.15. The second kappa shape index (κ2) is 5.67. The number of thiazole rings is 1. The average Bonchev–Trinajstić information content (AvgIpc) is 2.63. The molecule has 0 saturated heterocycles. The molecule has 1 aromatic heterocycles. The third kappa shape index (κ3) is 3.85. The molecule has 0 amide bonds. The first kappa shape index (κ1) is 11.9. The summed E-state index contributed by atoms with van der Waals surface area (Å²) in [6, 6.07) is 0. The number of methoxy groups -OCH3 is 1. The summed E-state index contributed by atoms with van der Waals surface area (Å²) in [5.41, 5.74) is 0. The molecule has 2 N–H and O–H groups in total. The van der Waals surface area contributed by atoms with Gasteiger partial charge in [-0.2, -0.15) is 0 Å². The van der Waals surface area contributed by atoms with Crippen molar-refractivity contribution in [3.8, 4) is 0 Å². The Labute approximate surface area is 92.1 Å². The Morgan fingerprint density at radius 1 is 1.80 bits per heavy atom. The van der Waals surface area contributed by atoms with E-state index in [1.54, 1.807) is 7.11 Å². The van der Waals surface area contributed by atoms with Gasteiger partial charge in [0.2, 0.25) is 0 Å². The van der Waals surface area contributed by atoms with Gasteiger partial charge in [0, 0.05) is 13.7 Å². The first-order chi connectivity index (χ1) is 7.13. The van der Waals surface area contributed by atoms with Gasteiger partial charge in [-0.3, -0.25) is 0 Å². The van der Waals surface area contributed by atoms with Gasteiger partial charge < -0.3 is 15.2 Å². The second-order valence-corrected chi connectivity index (χ2v) is 4.31. The van der Waals surface area contributed by atoms with Crippen molar-refractivity contribution in [2.45, 2.75) is 6.92 Å². The lowest BCUT2D eigenvalue weighted by molar-refractivity contribution is 0.0702. The van der Waals surface area contributed by atoms with Gasteiger partial charge in [-0.25, -0.2) is 9.78 Å². The lowest BCUT2D eigenvalue weighted by Gasteiger charge is -2.09. The van der Waals surface area contributed by atoms with Crippen LogP contribution in [0.5, 0.6) is 0 Å². The monoisotopic (exact) mass is 230 g/mol.